The van der Waals surface area contributed by atoms with Crippen LogP contribution in [0.15, 0.2) is 0 Å². The molecule has 0 aromatic carbocycles. The van der Waals surface area contributed by atoms with E-state index in [1.807, 2.05) is 0 Å². The fraction of sp³-hybridized carbons (Fsp3) is 1.00. The minimum atomic E-state index is 0.194. The van der Waals surface area contributed by atoms with Crippen LogP contribution in [0.5, 0.6) is 0 Å². The van der Waals surface area contributed by atoms with E-state index in [0.29, 0.717) is 12.0 Å². The van der Waals surface area contributed by atoms with Crippen molar-refractivity contribution in [2.75, 3.05) is 6.61 Å². The molecule has 2 aliphatic rings. The van der Waals surface area contributed by atoms with E-state index in [2.05, 4.69) is 6.92 Å². The van der Waals surface area contributed by atoms with Gasteiger partial charge in [-0.25, -0.2) is 0 Å². The molecule has 2 unspecified atom stereocenters. The molecule has 0 amide bonds. The topological polar surface area (TPSA) is 21.8 Å². The van der Waals surface area contributed by atoms with Gasteiger partial charge in [-0.2, -0.15) is 0 Å². The van der Waals surface area contributed by atoms with Gasteiger partial charge in [-0.1, -0.05) is 6.92 Å². The number of rotatable bonds is 1. The second kappa shape index (κ2) is 1.45. The zero-order chi connectivity index (χ0) is 5.56. The van der Waals surface area contributed by atoms with Crippen molar-refractivity contribution in [1.82, 2.24) is 0 Å². The van der Waals surface area contributed by atoms with Gasteiger partial charge >= 0.3 is 0 Å². The van der Waals surface area contributed by atoms with Crippen LogP contribution in [-0.4, -0.2) is 19.0 Å². The van der Waals surface area contributed by atoms with E-state index >= 15 is 0 Å². The highest BCUT2D eigenvalue weighted by Crippen LogP contribution is 2.38. The van der Waals surface area contributed by atoms with Crippen molar-refractivity contribution in [3.05, 3.63) is 0 Å². The minimum absolute atomic E-state index is 0.194. The Morgan fingerprint density at radius 2 is 2.50 bits per heavy atom. The normalized spacial score (nSPS) is 51.4. The highest BCUT2D eigenvalue weighted by Gasteiger charge is 2.50. The lowest BCUT2D eigenvalue weighted by atomic mass is 10.1. The predicted molar refractivity (Wildman–Crippen MR) is 28.4 cm³/mol. The molecule has 0 aliphatic carbocycles. The van der Waals surface area contributed by atoms with Crippen LogP contribution < -0.4 is 0 Å². The highest BCUT2D eigenvalue weighted by molar-refractivity contribution is 4.89. The van der Waals surface area contributed by atoms with E-state index in [9.17, 15) is 0 Å². The van der Waals surface area contributed by atoms with E-state index < -0.39 is 0 Å². The van der Waals surface area contributed by atoms with Crippen LogP contribution in [0, 0.1) is 5.92 Å². The first-order chi connectivity index (χ1) is 3.92. The van der Waals surface area contributed by atoms with Crippen LogP contribution >= 0.6 is 0 Å². The van der Waals surface area contributed by atoms with Gasteiger partial charge in [0.2, 0.25) is 0 Å². The van der Waals surface area contributed by atoms with Gasteiger partial charge in [0, 0.05) is 5.92 Å². The first-order valence-corrected chi connectivity index (χ1v) is 3.19. The van der Waals surface area contributed by atoms with E-state index in [-0.39, 0.29) is 6.29 Å². The number of ether oxygens (including phenoxy) is 2. The lowest BCUT2D eigenvalue weighted by molar-refractivity contribution is 0.0272. The monoisotopic (exact) mass is 114 g/mol. The van der Waals surface area contributed by atoms with Crippen molar-refractivity contribution in [2.24, 2.45) is 5.92 Å². The first-order valence-electron chi connectivity index (χ1n) is 3.19. The lowest BCUT2D eigenvalue weighted by Gasteiger charge is -2.02. The number of epoxide rings is 1. The molecule has 0 N–H and O–H groups in total. The number of hydrogen-bond acceptors (Lipinski definition) is 2. The van der Waals surface area contributed by atoms with Crippen molar-refractivity contribution in [3.63, 3.8) is 0 Å². The van der Waals surface area contributed by atoms with Crippen molar-refractivity contribution in [3.8, 4) is 0 Å². The van der Waals surface area contributed by atoms with Crippen LogP contribution in [0.4, 0.5) is 0 Å². The second-order valence-corrected chi connectivity index (χ2v) is 2.47. The average molecular weight is 114 g/mol. The highest BCUT2D eigenvalue weighted by atomic mass is 16.8. The molecule has 2 nitrogen and oxygen atoms in total. The maximum Gasteiger partial charge on any atom is 0.184 e. The number of hydrogen-bond donors (Lipinski definition) is 0. The Bertz CT molecular complexity index is 103. The SMILES string of the molecule is CC[C@@H]1COC2OC21. The summed E-state index contributed by atoms with van der Waals surface area (Å²) >= 11 is 0. The molecule has 2 aliphatic heterocycles. The largest absolute Gasteiger partial charge is 0.350 e. The molecule has 2 heteroatoms. The molecule has 8 heavy (non-hydrogen) atoms. The maximum absolute atomic E-state index is 5.21. The predicted octanol–water partition coefficient (Wildman–Crippen LogP) is 0.768. The summed E-state index contributed by atoms with van der Waals surface area (Å²) < 4.78 is 10.3. The fourth-order valence-electron chi connectivity index (χ4n) is 1.24. The maximum atomic E-state index is 5.21. The Morgan fingerprint density at radius 1 is 1.62 bits per heavy atom. The van der Waals surface area contributed by atoms with Gasteiger partial charge < -0.3 is 9.47 Å². The Balaban J connectivity index is 1.97. The van der Waals surface area contributed by atoms with Crippen molar-refractivity contribution in [2.45, 2.75) is 25.7 Å². The molecule has 0 aromatic rings. The Morgan fingerprint density at radius 3 is 2.75 bits per heavy atom. The van der Waals surface area contributed by atoms with Crippen LogP contribution in [-0.2, 0) is 9.47 Å². The molecule has 0 radical (unpaired) electrons. The minimum Gasteiger partial charge on any atom is -0.350 e. The molecule has 2 rings (SSSR count). The van der Waals surface area contributed by atoms with Crippen LogP contribution in [0.3, 0.4) is 0 Å². The van der Waals surface area contributed by atoms with Gasteiger partial charge in [-0.15, -0.1) is 0 Å². The van der Waals surface area contributed by atoms with Gasteiger partial charge in [0.05, 0.1) is 6.61 Å². The molecular weight excluding hydrogens is 104 g/mol. The quantitative estimate of drug-likeness (QED) is 0.469. The Hall–Kier alpha value is -0.0800. The molecule has 2 heterocycles. The lowest BCUT2D eigenvalue weighted by Crippen LogP contribution is -2.05. The van der Waals surface area contributed by atoms with Crippen molar-refractivity contribution >= 4 is 0 Å². The Kier molecular flexibility index (Phi) is 0.866. The van der Waals surface area contributed by atoms with E-state index in [0.717, 1.165) is 6.61 Å². The molecule has 0 bridgehead atoms. The fourth-order valence-corrected chi connectivity index (χ4v) is 1.24. The van der Waals surface area contributed by atoms with Crippen LogP contribution in [0.25, 0.3) is 0 Å². The van der Waals surface area contributed by atoms with E-state index in [1.165, 1.54) is 6.42 Å². The second-order valence-electron chi connectivity index (χ2n) is 2.47. The summed E-state index contributed by atoms with van der Waals surface area (Å²) in [6, 6.07) is 0. The summed E-state index contributed by atoms with van der Waals surface area (Å²) in [5, 5.41) is 0. The summed E-state index contributed by atoms with van der Waals surface area (Å²) in [4.78, 5) is 0. The summed E-state index contributed by atoms with van der Waals surface area (Å²) in [5.41, 5.74) is 0. The van der Waals surface area contributed by atoms with Gasteiger partial charge in [0.15, 0.2) is 6.29 Å². The molecule has 46 valence electrons. The average Bonchev–Trinajstić information content (AvgIpc) is 2.46. The third-order valence-corrected chi connectivity index (χ3v) is 1.95. The molecular formula is C6H10O2. The molecule has 0 aromatic heterocycles. The zero-order valence-electron chi connectivity index (χ0n) is 4.96. The van der Waals surface area contributed by atoms with Gasteiger partial charge in [-0.05, 0) is 6.42 Å². The third-order valence-electron chi connectivity index (χ3n) is 1.95. The molecule has 0 saturated carbocycles. The Labute approximate surface area is 48.8 Å². The standard InChI is InChI=1S/C6H10O2/c1-2-4-3-7-6-5(4)8-6/h4-6H,2-3H2,1H3/t4-,5?,6?/m1/s1. The summed E-state index contributed by atoms with van der Waals surface area (Å²) in [5.74, 6) is 0.694. The zero-order valence-corrected chi connectivity index (χ0v) is 4.96. The van der Waals surface area contributed by atoms with Gasteiger partial charge in [0.25, 0.3) is 0 Å². The number of fused-ring (bicyclic) bond motifs is 1. The van der Waals surface area contributed by atoms with Gasteiger partial charge in [-0.3, -0.25) is 0 Å². The van der Waals surface area contributed by atoms with E-state index in [4.69, 9.17) is 9.47 Å². The summed E-state index contributed by atoms with van der Waals surface area (Å²) in [6.07, 6.45) is 1.86. The summed E-state index contributed by atoms with van der Waals surface area (Å²) in [6.45, 7) is 3.10. The molecule has 3 atom stereocenters. The smallest absolute Gasteiger partial charge is 0.184 e. The molecule has 2 fully saturated rings. The first kappa shape index (κ1) is 4.77. The van der Waals surface area contributed by atoms with Gasteiger partial charge in [0.1, 0.15) is 6.10 Å². The molecule has 0 spiro atoms. The molecule has 2 saturated heterocycles. The summed E-state index contributed by atoms with van der Waals surface area (Å²) in [7, 11) is 0. The van der Waals surface area contributed by atoms with E-state index in [1.54, 1.807) is 0 Å². The van der Waals surface area contributed by atoms with Crippen LogP contribution in [0.2, 0.25) is 0 Å². The van der Waals surface area contributed by atoms with Crippen LogP contribution in [0.1, 0.15) is 13.3 Å². The third kappa shape index (κ3) is 0.501. The van der Waals surface area contributed by atoms with Crippen molar-refractivity contribution in [1.29, 1.82) is 0 Å². The van der Waals surface area contributed by atoms with Crippen molar-refractivity contribution < 1.29 is 9.47 Å².